The molecule has 2 rings (SSSR count). The van der Waals surface area contributed by atoms with Crippen LogP contribution in [0.2, 0.25) is 0 Å². The predicted octanol–water partition coefficient (Wildman–Crippen LogP) is 4.59. The van der Waals surface area contributed by atoms with Gasteiger partial charge in [0.2, 0.25) is 11.8 Å². The van der Waals surface area contributed by atoms with Crippen molar-refractivity contribution in [3.8, 4) is 11.1 Å². The van der Waals surface area contributed by atoms with Gasteiger partial charge in [-0.1, -0.05) is 81.8 Å². The van der Waals surface area contributed by atoms with Crippen molar-refractivity contribution < 1.29 is 9.59 Å². The molecule has 0 aromatic heterocycles. The van der Waals surface area contributed by atoms with Gasteiger partial charge in [-0.15, -0.1) is 0 Å². The molecule has 0 saturated heterocycles. The first-order chi connectivity index (χ1) is 13.5. The molecular weight excluding hydrogens is 348 g/mol. The third-order valence-corrected chi connectivity index (χ3v) is 4.00. The molecule has 152 valence electrons. The largest absolute Gasteiger partial charge is 0.355 e. The van der Waals surface area contributed by atoms with E-state index in [-0.39, 0.29) is 24.3 Å². The van der Waals surface area contributed by atoms with Gasteiger partial charge in [0.1, 0.15) is 0 Å². The van der Waals surface area contributed by atoms with Crippen molar-refractivity contribution in [1.29, 1.82) is 0 Å². The van der Waals surface area contributed by atoms with Crippen LogP contribution in [0, 0.1) is 5.92 Å². The zero-order chi connectivity index (χ0) is 20.8. The van der Waals surface area contributed by atoms with Gasteiger partial charge in [-0.25, -0.2) is 0 Å². The number of carbonyl (C=O) groups is 2. The molecule has 0 saturated carbocycles. The Kier molecular flexibility index (Phi) is 11.3. The van der Waals surface area contributed by atoms with Gasteiger partial charge in [-0.2, -0.15) is 0 Å². The molecule has 0 aliphatic heterocycles. The lowest BCUT2D eigenvalue weighted by Gasteiger charge is -2.12. The number of hydrogen-bond acceptors (Lipinski definition) is 2. The van der Waals surface area contributed by atoms with Crippen LogP contribution in [-0.2, 0) is 16.0 Å². The average molecular weight is 383 g/mol. The van der Waals surface area contributed by atoms with Crippen molar-refractivity contribution in [3.63, 3.8) is 0 Å². The van der Waals surface area contributed by atoms with E-state index >= 15 is 0 Å². The van der Waals surface area contributed by atoms with Crippen LogP contribution in [0.3, 0.4) is 0 Å². The molecule has 2 aromatic carbocycles. The number of benzene rings is 2. The van der Waals surface area contributed by atoms with Crippen LogP contribution in [0.1, 0.15) is 46.1 Å². The summed E-state index contributed by atoms with van der Waals surface area (Å²) >= 11 is 0. The first-order valence-electron chi connectivity index (χ1n) is 10.2. The molecule has 0 radical (unpaired) electrons. The number of nitrogens with one attached hydrogen (secondary N) is 2. The molecule has 2 aromatic rings. The Bertz CT molecular complexity index is 696. The normalized spacial score (nSPS) is 11.0. The summed E-state index contributed by atoms with van der Waals surface area (Å²) in [4.78, 5) is 23.2. The quantitative estimate of drug-likeness (QED) is 0.701. The van der Waals surface area contributed by atoms with E-state index in [4.69, 9.17) is 0 Å². The summed E-state index contributed by atoms with van der Waals surface area (Å²) in [5, 5.41) is 5.32. The Morgan fingerprint density at radius 2 is 1.39 bits per heavy atom. The van der Waals surface area contributed by atoms with E-state index in [1.54, 1.807) is 0 Å². The highest BCUT2D eigenvalue weighted by atomic mass is 16.2. The Balaban J connectivity index is 0.00000122. The van der Waals surface area contributed by atoms with Crippen LogP contribution < -0.4 is 10.6 Å². The summed E-state index contributed by atoms with van der Waals surface area (Å²) < 4.78 is 0. The van der Waals surface area contributed by atoms with E-state index < -0.39 is 0 Å². The van der Waals surface area contributed by atoms with Gasteiger partial charge in [0.05, 0.1) is 6.54 Å². The van der Waals surface area contributed by atoms with Crippen LogP contribution in [-0.4, -0.2) is 24.9 Å². The molecule has 2 amide bonds. The van der Waals surface area contributed by atoms with E-state index in [1.165, 1.54) is 23.1 Å². The topological polar surface area (TPSA) is 58.2 Å². The summed E-state index contributed by atoms with van der Waals surface area (Å²) in [6, 6.07) is 18.7. The zero-order valence-electron chi connectivity index (χ0n) is 17.6. The molecule has 0 fully saturated rings. The van der Waals surface area contributed by atoms with E-state index in [0.29, 0.717) is 13.0 Å². The van der Waals surface area contributed by atoms with Crippen LogP contribution in [0.4, 0.5) is 0 Å². The summed E-state index contributed by atoms with van der Waals surface area (Å²) in [5.74, 6) is -0.0172. The lowest BCUT2D eigenvalue weighted by Crippen LogP contribution is -2.37. The highest BCUT2D eigenvalue weighted by Gasteiger charge is 2.11. The van der Waals surface area contributed by atoms with Crippen LogP contribution in [0.5, 0.6) is 0 Å². The van der Waals surface area contributed by atoms with Gasteiger partial charge in [0.25, 0.3) is 0 Å². The Morgan fingerprint density at radius 3 is 1.96 bits per heavy atom. The fraction of sp³-hybridized carbons (Fsp3) is 0.417. The number of rotatable bonds is 8. The van der Waals surface area contributed by atoms with Crippen molar-refractivity contribution in [2.24, 2.45) is 5.92 Å². The lowest BCUT2D eigenvalue weighted by molar-refractivity contribution is -0.126. The maximum Gasteiger partial charge on any atom is 0.239 e. The maximum absolute atomic E-state index is 11.9. The first kappa shape index (κ1) is 23.4. The van der Waals surface area contributed by atoms with Crippen molar-refractivity contribution in [1.82, 2.24) is 10.6 Å². The van der Waals surface area contributed by atoms with Crippen molar-refractivity contribution in [2.75, 3.05) is 13.1 Å². The van der Waals surface area contributed by atoms with Crippen molar-refractivity contribution >= 4 is 11.8 Å². The van der Waals surface area contributed by atoms with Crippen LogP contribution in [0.15, 0.2) is 54.6 Å². The minimum Gasteiger partial charge on any atom is -0.355 e. The third-order valence-electron chi connectivity index (χ3n) is 4.00. The van der Waals surface area contributed by atoms with Crippen molar-refractivity contribution in [3.05, 3.63) is 60.2 Å². The second-order valence-electron chi connectivity index (χ2n) is 7.01. The van der Waals surface area contributed by atoms with Gasteiger partial charge in [-0.3, -0.25) is 9.59 Å². The number of amides is 2. The summed E-state index contributed by atoms with van der Waals surface area (Å²) in [6.45, 7) is 8.77. The lowest BCUT2D eigenvalue weighted by atomic mass is 9.96. The summed E-state index contributed by atoms with van der Waals surface area (Å²) in [7, 11) is 0. The molecule has 1 unspecified atom stereocenters. The molecule has 0 bridgehead atoms. The highest BCUT2D eigenvalue weighted by molar-refractivity contribution is 5.84. The molecule has 0 aliphatic carbocycles. The van der Waals surface area contributed by atoms with E-state index in [2.05, 4.69) is 67.8 Å². The molecular formula is C24H34N2O2. The average Bonchev–Trinajstić information content (AvgIpc) is 2.68. The number of likely N-dealkylation sites (N-methyl/N-ethyl adjacent to an activating group) is 1. The zero-order valence-corrected chi connectivity index (χ0v) is 17.6. The molecule has 4 nitrogen and oxygen atoms in total. The van der Waals surface area contributed by atoms with Crippen molar-refractivity contribution in [2.45, 2.75) is 47.0 Å². The molecule has 1 atom stereocenters. The van der Waals surface area contributed by atoms with Gasteiger partial charge < -0.3 is 10.6 Å². The molecule has 2 N–H and O–H groups in total. The maximum atomic E-state index is 11.9. The second kappa shape index (κ2) is 13.5. The fourth-order valence-electron chi connectivity index (χ4n) is 2.77. The number of carbonyl (C=O) groups excluding carboxylic acids is 2. The smallest absolute Gasteiger partial charge is 0.239 e. The third kappa shape index (κ3) is 9.36. The van der Waals surface area contributed by atoms with E-state index in [0.717, 1.165) is 6.42 Å². The van der Waals surface area contributed by atoms with Crippen LogP contribution in [0.25, 0.3) is 11.1 Å². The summed E-state index contributed by atoms with van der Waals surface area (Å²) in [6.07, 6.45) is 2.50. The Labute approximate surface area is 169 Å². The first-order valence-corrected chi connectivity index (χ1v) is 10.2. The van der Waals surface area contributed by atoms with Crippen LogP contribution >= 0.6 is 0 Å². The standard InChI is InChI=1S/C21H26N2O2.C3H8/c1-3-22-21(25)15-23-20(24)14-16(2)13-17-9-11-19(12-10-17)18-7-5-4-6-8-18;1-3-2/h4-12,16H,3,13-15H2,1-2H3,(H,22,25)(H,23,24);3H2,1-2H3. The second-order valence-corrected chi connectivity index (χ2v) is 7.01. The SMILES string of the molecule is CCC.CCNC(=O)CNC(=O)CC(C)Cc1ccc(-c2ccccc2)cc1. The molecule has 0 aliphatic rings. The van der Waals surface area contributed by atoms with Gasteiger partial charge in [0.15, 0.2) is 0 Å². The number of hydrogen-bond donors (Lipinski definition) is 2. The molecule has 28 heavy (non-hydrogen) atoms. The Morgan fingerprint density at radius 1 is 0.821 bits per heavy atom. The van der Waals surface area contributed by atoms with Gasteiger partial charge in [0, 0.05) is 13.0 Å². The molecule has 4 heteroatoms. The van der Waals surface area contributed by atoms with Gasteiger partial charge >= 0.3 is 0 Å². The van der Waals surface area contributed by atoms with E-state index in [1.807, 2.05) is 25.1 Å². The minimum absolute atomic E-state index is 0.0468. The Hall–Kier alpha value is -2.62. The molecule has 0 heterocycles. The summed E-state index contributed by atoms with van der Waals surface area (Å²) in [5.41, 5.74) is 3.60. The highest BCUT2D eigenvalue weighted by Crippen LogP contribution is 2.20. The predicted molar refractivity (Wildman–Crippen MR) is 117 cm³/mol. The van der Waals surface area contributed by atoms with Gasteiger partial charge in [-0.05, 0) is 36.0 Å². The monoisotopic (exact) mass is 382 g/mol. The fourth-order valence-corrected chi connectivity index (χ4v) is 2.77. The molecule has 0 spiro atoms. The minimum atomic E-state index is -0.153. The van der Waals surface area contributed by atoms with E-state index in [9.17, 15) is 9.59 Å².